The third kappa shape index (κ3) is 2.85. The van der Waals surface area contributed by atoms with Crippen molar-refractivity contribution in [2.75, 3.05) is 6.54 Å². The molecule has 0 spiro atoms. The summed E-state index contributed by atoms with van der Waals surface area (Å²) in [6.07, 6.45) is 3.26. The standard InChI is InChI=1S/C13H17FN2O2/c1-9(12-5-4-10(14)8-15-12)16-6-2-3-11(16)7-13(17)18/h4-5,8-9,11H,2-3,6-7H2,1H3,(H,17,18). The normalized spacial score (nSPS) is 22.0. The zero-order chi connectivity index (χ0) is 13.1. The minimum absolute atomic E-state index is 0.0254. The van der Waals surface area contributed by atoms with Gasteiger partial charge in [-0.05, 0) is 38.4 Å². The summed E-state index contributed by atoms with van der Waals surface area (Å²) in [6, 6.07) is 3.14. The first kappa shape index (κ1) is 13.0. The van der Waals surface area contributed by atoms with Gasteiger partial charge in [0.05, 0.1) is 18.3 Å². The fraction of sp³-hybridized carbons (Fsp3) is 0.538. The van der Waals surface area contributed by atoms with Gasteiger partial charge in [0.25, 0.3) is 0 Å². The number of rotatable bonds is 4. The van der Waals surface area contributed by atoms with Crippen molar-refractivity contribution >= 4 is 5.97 Å². The summed E-state index contributed by atoms with van der Waals surface area (Å²) >= 11 is 0. The second kappa shape index (κ2) is 5.44. The van der Waals surface area contributed by atoms with Gasteiger partial charge in [-0.25, -0.2) is 4.39 Å². The van der Waals surface area contributed by atoms with E-state index in [1.54, 1.807) is 6.07 Å². The summed E-state index contributed by atoms with van der Waals surface area (Å²) in [5, 5.41) is 8.89. The van der Waals surface area contributed by atoms with E-state index >= 15 is 0 Å². The molecule has 4 nitrogen and oxygen atoms in total. The maximum Gasteiger partial charge on any atom is 0.304 e. The number of hydrogen-bond donors (Lipinski definition) is 1. The van der Waals surface area contributed by atoms with Crippen LogP contribution in [0.5, 0.6) is 0 Å². The monoisotopic (exact) mass is 252 g/mol. The number of carbonyl (C=O) groups is 1. The molecule has 1 aromatic rings. The summed E-state index contributed by atoms with van der Waals surface area (Å²) in [5.41, 5.74) is 0.786. The van der Waals surface area contributed by atoms with Gasteiger partial charge in [0.15, 0.2) is 0 Å². The van der Waals surface area contributed by atoms with Gasteiger partial charge < -0.3 is 5.11 Å². The largest absolute Gasteiger partial charge is 0.481 e. The van der Waals surface area contributed by atoms with Crippen LogP contribution in [-0.2, 0) is 4.79 Å². The number of carboxylic acid groups (broad SMARTS) is 1. The van der Waals surface area contributed by atoms with Crippen molar-refractivity contribution in [1.29, 1.82) is 0 Å². The van der Waals surface area contributed by atoms with Crippen LogP contribution in [0.1, 0.15) is 37.9 Å². The van der Waals surface area contributed by atoms with Gasteiger partial charge in [-0.15, -0.1) is 0 Å². The third-order valence-electron chi connectivity index (χ3n) is 3.51. The van der Waals surface area contributed by atoms with Crippen molar-refractivity contribution < 1.29 is 14.3 Å². The molecule has 1 N–H and O–H groups in total. The van der Waals surface area contributed by atoms with E-state index in [4.69, 9.17) is 5.11 Å². The smallest absolute Gasteiger partial charge is 0.304 e. The molecule has 0 aliphatic carbocycles. The zero-order valence-corrected chi connectivity index (χ0v) is 10.3. The number of halogens is 1. The highest BCUT2D eigenvalue weighted by molar-refractivity contribution is 5.67. The SMILES string of the molecule is CC(c1ccc(F)cn1)N1CCCC1CC(=O)O. The summed E-state index contributed by atoms with van der Waals surface area (Å²) in [6.45, 7) is 2.86. The Morgan fingerprint density at radius 2 is 2.44 bits per heavy atom. The lowest BCUT2D eigenvalue weighted by molar-refractivity contribution is -0.138. The van der Waals surface area contributed by atoms with Gasteiger partial charge >= 0.3 is 5.97 Å². The van der Waals surface area contributed by atoms with Crippen LogP contribution >= 0.6 is 0 Å². The Hall–Kier alpha value is -1.49. The number of aromatic nitrogens is 1. The zero-order valence-electron chi connectivity index (χ0n) is 10.3. The van der Waals surface area contributed by atoms with Crippen molar-refractivity contribution in [3.8, 4) is 0 Å². The van der Waals surface area contributed by atoms with Gasteiger partial charge in [-0.1, -0.05) is 0 Å². The Kier molecular flexibility index (Phi) is 3.91. The minimum atomic E-state index is -0.772. The maximum atomic E-state index is 12.8. The van der Waals surface area contributed by atoms with E-state index in [0.717, 1.165) is 25.1 Å². The van der Waals surface area contributed by atoms with Crippen LogP contribution in [0.2, 0.25) is 0 Å². The highest BCUT2D eigenvalue weighted by Crippen LogP contribution is 2.29. The van der Waals surface area contributed by atoms with Crippen molar-refractivity contribution in [3.05, 3.63) is 29.8 Å². The molecule has 2 heterocycles. The summed E-state index contributed by atoms with van der Waals surface area (Å²) in [7, 11) is 0. The number of nitrogens with zero attached hydrogens (tertiary/aromatic N) is 2. The van der Waals surface area contributed by atoms with Crippen LogP contribution in [0.3, 0.4) is 0 Å². The molecule has 2 atom stereocenters. The molecule has 5 heteroatoms. The van der Waals surface area contributed by atoms with E-state index in [1.165, 1.54) is 12.3 Å². The molecule has 2 unspecified atom stereocenters. The molecule has 2 rings (SSSR count). The number of hydrogen-bond acceptors (Lipinski definition) is 3. The predicted molar refractivity (Wildman–Crippen MR) is 64.6 cm³/mol. The fourth-order valence-electron chi connectivity index (χ4n) is 2.59. The summed E-state index contributed by atoms with van der Waals surface area (Å²) in [5.74, 6) is -1.12. The van der Waals surface area contributed by atoms with Crippen molar-refractivity contribution in [1.82, 2.24) is 9.88 Å². The quantitative estimate of drug-likeness (QED) is 0.892. The van der Waals surface area contributed by atoms with Gasteiger partial charge in [-0.2, -0.15) is 0 Å². The molecule has 1 aromatic heterocycles. The van der Waals surface area contributed by atoms with E-state index < -0.39 is 5.97 Å². The van der Waals surface area contributed by atoms with Crippen LogP contribution in [-0.4, -0.2) is 33.5 Å². The predicted octanol–water partition coefficient (Wildman–Crippen LogP) is 2.22. The Morgan fingerprint density at radius 3 is 3.06 bits per heavy atom. The summed E-state index contributed by atoms with van der Waals surface area (Å²) < 4.78 is 12.8. The lowest BCUT2D eigenvalue weighted by Gasteiger charge is -2.29. The van der Waals surface area contributed by atoms with E-state index in [0.29, 0.717) is 0 Å². The Balaban J connectivity index is 2.09. The molecule has 98 valence electrons. The van der Waals surface area contributed by atoms with Crippen LogP contribution in [0.25, 0.3) is 0 Å². The highest BCUT2D eigenvalue weighted by Gasteiger charge is 2.31. The van der Waals surface area contributed by atoms with Crippen molar-refractivity contribution in [3.63, 3.8) is 0 Å². The lowest BCUT2D eigenvalue weighted by Crippen LogP contribution is -2.34. The molecule has 0 saturated carbocycles. The van der Waals surface area contributed by atoms with E-state index in [2.05, 4.69) is 9.88 Å². The number of likely N-dealkylation sites (tertiary alicyclic amines) is 1. The second-order valence-corrected chi connectivity index (χ2v) is 4.71. The second-order valence-electron chi connectivity index (χ2n) is 4.71. The van der Waals surface area contributed by atoms with Crippen LogP contribution in [0, 0.1) is 5.82 Å². The van der Waals surface area contributed by atoms with Gasteiger partial charge in [0, 0.05) is 12.1 Å². The molecule has 0 bridgehead atoms. The molecule has 1 saturated heterocycles. The van der Waals surface area contributed by atoms with Gasteiger partial charge in [0.2, 0.25) is 0 Å². The molecule has 18 heavy (non-hydrogen) atoms. The number of carboxylic acids is 1. The van der Waals surface area contributed by atoms with Crippen molar-refractivity contribution in [2.45, 2.75) is 38.3 Å². The maximum absolute atomic E-state index is 12.8. The van der Waals surface area contributed by atoms with Gasteiger partial charge in [-0.3, -0.25) is 14.7 Å². The molecular formula is C13H17FN2O2. The molecule has 0 radical (unpaired) electrons. The third-order valence-corrected chi connectivity index (χ3v) is 3.51. The summed E-state index contributed by atoms with van der Waals surface area (Å²) in [4.78, 5) is 17.0. The first-order valence-electron chi connectivity index (χ1n) is 6.17. The lowest BCUT2D eigenvalue weighted by atomic mass is 10.1. The first-order valence-corrected chi connectivity index (χ1v) is 6.17. The number of aliphatic carboxylic acids is 1. The Labute approximate surface area is 105 Å². The average Bonchev–Trinajstić information content (AvgIpc) is 2.76. The van der Waals surface area contributed by atoms with Crippen molar-refractivity contribution in [2.24, 2.45) is 0 Å². The van der Waals surface area contributed by atoms with Crippen LogP contribution < -0.4 is 0 Å². The molecule has 1 aliphatic heterocycles. The molecule has 1 aliphatic rings. The van der Waals surface area contributed by atoms with E-state index in [1.807, 2.05) is 6.92 Å². The fourth-order valence-corrected chi connectivity index (χ4v) is 2.59. The Morgan fingerprint density at radius 1 is 1.67 bits per heavy atom. The number of pyridine rings is 1. The highest BCUT2D eigenvalue weighted by atomic mass is 19.1. The van der Waals surface area contributed by atoms with Crippen LogP contribution in [0.15, 0.2) is 18.3 Å². The molecule has 1 fully saturated rings. The van der Waals surface area contributed by atoms with E-state index in [9.17, 15) is 9.18 Å². The van der Waals surface area contributed by atoms with Gasteiger partial charge in [0.1, 0.15) is 5.82 Å². The minimum Gasteiger partial charge on any atom is -0.481 e. The molecule has 0 aromatic carbocycles. The topological polar surface area (TPSA) is 53.4 Å². The Bertz CT molecular complexity index is 422. The van der Waals surface area contributed by atoms with E-state index in [-0.39, 0.29) is 24.3 Å². The molecular weight excluding hydrogens is 235 g/mol. The average molecular weight is 252 g/mol. The molecule has 0 amide bonds. The van der Waals surface area contributed by atoms with Crippen LogP contribution in [0.4, 0.5) is 4.39 Å². The first-order chi connectivity index (χ1) is 8.58.